The van der Waals surface area contributed by atoms with Gasteiger partial charge in [-0.1, -0.05) is 0 Å². The molecule has 3 rings (SSSR count). The number of hydrogen-bond acceptors (Lipinski definition) is 4. The number of rotatable bonds is 5. The summed E-state index contributed by atoms with van der Waals surface area (Å²) < 4.78 is 15.3. The van der Waals surface area contributed by atoms with Gasteiger partial charge in [0, 0.05) is 11.5 Å². The Hall–Kier alpha value is -2.01. The molecule has 1 aromatic heterocycles. The Labute approximate surface area is 116 Å². The van der Waals surface area contributed by atoms with Gasteiger partial charge in [0.15, 0.2) is 0 Å². The lowest BCUT2D eigenvalue weighted by atomic mass is 10.0. The molecular formula is C15H17NO4. The number of ether oxygens (including phenoxy) is 3. The Balaban J connectivity index is 1.99. The van der Waals surface area contributed by atoms with E-state index >= 15 is 0 Å². The van der Waals surface area contributed by atoms with Crippen LogP contribution in [0.2, 0.25) is 0 Å². The summed E-state index contributed by atoms with van der Waals surface area (Å²) in [6.45, 7) is 0.855. The van der Waals surface area contributed by atoms with E-state index in [2.05, 4.69) is 4.98 Å². The molecule has 106 valence electrons. The minimum atomic E-state index is -0.364. The van der Waals surface area contributed by atoms with Crippen molar-refractivity contribution in [1.82, 2.24) is 4.98 Å². The molecule has 0 spiro atoms. The van der Waals surface area contributed by atoms with Crippen molar-refractivity contribution in [1.29, 1.82) is 0 Å². The van der Waals surface area contributed by atoms with Crippen molar-refractivity contribution in [3.63, 3.8) is 0 Å². The van der Waals surface area contributed by atoms with Gasteiger partial charge in [0.25, 0.3) is 0 Å². The molecule has 1 aliphatic heterocycles. The van der Waals surface area contributed by atoms with E-state index in [0.717, 1.165) is 41.7 Å². The molecule has 1 aromatic carbocycles. The summed E-state index contributed by atoms with van der Waals surface area (Å²) in [5, 5.41) is 1.03. The van der Waals surface area contributed by atoms with Crippen molar-refractivity contribution in [3.8, 4) is 5.75 Å². The lowest BCUT2D eigenvalue weighted by Crippen LogP contribution is -2.00. The van der Waals surface area contributed by atoms with Crippen molar-refractivity contribution < 1.29 is 19.0 Å². The van der Waals surface area contributed by atoms with Gasteiger partial charge in [0.1, 0.15) is 11.4 Å². The van der Waals surface area contributed by atoms with E-state index in [1.54, 1.807) is 7.11 Å². The van der Waals surface area contributed by atoms with Gasteiger partial charge >= 0.3 is 5.97 Å². The molecule has 2 heterocycles. The summed E-state index contributed by atoms with van der Waals surface area (Å²) in [4.78, 5) is 14.7. The number of hydrogen-bond donors (Lipinski definition) is 1. The third kappa shape index (κ3) is 2.49. The van der Waals surface area contributed by atoms with Gasteiger partial charge in [-0.15, -0.1) is 0 Å². The summed E-state index contributed by atoms with van der Waals surface area (Å²) in [6.07, 6.45) is 2.27. The largest absolute Gasteiger partial charge is 0.497 e. The molecule has 1 N–H and O–H groups in total. The van der Waals surface area contributed by atoms with Crippen LogP contribution in [0.4, 0.5) is 0 Å². The standard InChI is InChI=1S/C15H17NO4/c1-18-11-5-9(3-4-10-8-20-10)12-7-14(15(17)19-2)16-13(12)6-11/h5-7,10,16H,3-4,8H2,1-2H3. The zero-order valence-electron chi connectivity index (χ0n) is 11.6. The molecule has 2 aromatic rings. The predicted octanol–water partition coefficient (Wildman–Crippen LogP) is 2.29. The molecule has 0 saturated carbocycles. The van der Waals surface area contributed by atoms with Crippen LogP contribution in [0.3, 0.4) is 0 Å². The minimum Gasteiger partial charge on any atom is -0.497 e. The van der Waals surface area contributed by atoms with E-state index in [-0.39, 0.29) is 5.97 Å². The topological polar surface area (TPSA) is 63.9 Å². The number of aryl methyl sites for hydroxylation is 1. The van der Waals surface area contributed by atoms with Crippen molar-refractivity contribution in [2.75, 3.05) is 20.8 Å². The quantitative estimate of drug-likeness (QED) is 0.671. The molecule has 0 radical (unpaired) electrons. The highest BCUT2D eigenvalue weighted by molar-refractivity contribution is 5.96. The molecule has 0 bridgehead atoms. The Morgan fingerprint density at radius 3 is 2.85 bits per heavy atom. The molecule has 1 saturated heterocycles. The highest BCUT2D eigenvalue weighted by atomic mass is 16.6. The Kier molecular flexibility index (Phi) is 3.36. The number of benzene rings is 1. The molecule has 5 heteroatoms. The number of aromatic amines is 1. The molecule has 0 amide bonds. The lowest BCUT2D eigenvalue weighted by Gasteiger charge is -2.06. The van der Waals surface area contributed by atoms with Crippen LogP contribution >= 0.6 is 0 Å². The molecular weight excluding hydrogens is 258 g/mol. The van der Waals surface area contributed by atoms with Crippen molar-refractivity contribution >= 4 is 16.9 Å². The van der Waals surface area contributed by atoms with Gasteiger partial charge in [0.2, 0.25) is 0 Å². The van der Waals surface area contributed by atoms with Crippen molar-refractivity contribution in [2.45, 2.75) is 18.9 Å². The third-order valence-corrected chi connectivity index (χ3v) is 3.58. The first-order valence-electron chi connectivity index (χ1n) is 6.61. The van der Waals surface area contributed by atoms with E-state index in [1.165, 1.54) is 7.11 Å². The molecule has 20 heavy (non-hydrogen) atoms. The van der Waals surface area contributed by atoms with Crippen LogP contribution in [0.1, 0.15) is 22.5 Å². The number of carbonyl (C=O) groups is 1. The van der Waals surface area contributed by atoms with E-state index in [0.29, 0.717) is 11.8 Å². The number of carbonyl (C=O) groups excluding carboxylic acids is 1. The highest BCUT2D eigenvalue weighted by Gasteiger charge is 2.22. The predicted molar refractivity (Wildman–Crippen MR) is 74.3 cm³/mol. The van der Waals surface area contributed by atoms with Gasteiger partial charge in [-0.25, -0.2) is 4.79 Å². The van der Waals surface area contributed by atoms with Crippen molar-refractivity contribution in [2.24, 2.45) is 0 Å². The van der Waals surface area contributed by atoms with E-state index in [1.807, 2.05) is 18.2 Å². The highest BCUT2D eigenvalue weighted by Crippen LogP contribution is 2.28. The average molecular weight is 275 g/mol. The van der Waals surface area contributed by atoms with Crippen LogP contribution in [-0.2, 0) is 15.9 Å². The molecule has 1 unspecified atom stereocenters. The normalized spacial score (nSPS) is 17.2. The lowest BCUT2D eigenvalue weighted by molar-refractivity contribution is 0.0595. The summed E-state index contributed by atoms with van der Waals surface area (Å²) in [7, 11) is 3.01. The van der Waals surface area contributed by atoms with Crippen LogP contribution < -0.4 is 4.74 Å². The fourth-order valence-corrected chi connectivity index (χ4v) is 2.38. The van der Waals surface area contributed by atoms with Crippen LogP contribution in [0.5, 0.6) is 5.75 Å². The fraction of sp³-hybridized carbons (Fsp3) is 0.400. The second-order valence-electron chi connectivity index (χ2n) is 4.92. The number of epoxide rings is 1. The van der Waals surface area contributed by atoms with Crippen LogP contribution in [0.25, 0.3) is 10.9 Å². The number of aromatic nitrogens is 1. The van der Waals surface area contributed by atoms with Crippen LogP contribution in [-0.4, -0.2) is 37.9 Å². The molecule has 0 aliphatic carbocycles. The summed E-state index contributed by atoms with van der Waals surface area (Å²) in [6, 6.07) is 5.74. The first-order valence-corrected chi connectivity index (χ1v) is 6.61. The van der Waals surface area contributed by atoms with E-state index in [4.69, 9.17) is 14.2 Å². The fourth-order valence-electron chi connectivity index (χ4n) is 2.38. The summed E-state index contributed by atoms with van der Waals surface area (Å²) in [5.41, 5.74) is 2.50. The SMILES string of the molecule is COC(=O)c1cc2c(CCC3CO3)cc(OC)cc2[nH]1. The van der Waals surface area contributed by atoms with Gasteiger partial charge in [-0.05, 0) is 30.5 Å². The molecule has 1 aliphatic rings. The molecule has 5 nitrogen and oxygen atoms in total. The molecule has 1 fully saturated rings. The smallest absolute Gasteiger partial charge is 0.354 e. The summed E-state index contributed by atoms with van der Waals surface area (Å²) in [5.74, 6) is 0.416. The third-order valence-electron chi connectivity index (χ3n) is 3.58. The van der Waals surface area contributed by atoms with Gasteiger partial charge < -0.3 is 19.2 Å². The van der Waals surface area contributed by atoms with Crippen LogP contribution in [0, 0.1) is 0 Å². The zero-order chi connectivity index (χ0) is 14.1. The average Bonchev–Trinajstić information content (AvgIpc) is 3.20. The monoisotopic (exact) mass is 275 g/mol. The second-order valence-corrected chi connectivity index (χ2v) is 4.92. The maximum absolute atomic E-state index is 11.6. The Bertz CT molecular complexity index is 643. The van der Waals surface area contributed by atoms with Crippen LogP contribution in [0.15, 0.2) is 18.2 Å². The van der Waals surface area contributed by atoms with Crippen molar-refractivity contribution in [3.05, 3.63) is 29.5 Å². The number of methoxy groups -OCH3 is 2. The minimum absolute atomic E-state index is 0.364. The van der Waals surface area contributed by atoms with Gasteiger partial charge in [-0.3, -0.25) is 0 Å². The number of nitrogens with one attached hydrogen (secondary N) is 1. The second kappa shape index (κ2) is 5.17. The zero-order valence-corrected chi connectivity index (χ0v) is 11.6. The Morgan fingerprint density at radius 1 is 1.40 bits per heavy atom. The number of fused-ring (bicyclic) bond motifs is 1. The summed E-state index contributed by atoms with van der Waals surface area (Å²) >= 11 is 0. The first-order chi connectivity index (χ1) is 9.71. The Morgan fingerprint density at radius 2 is 2.20 bits per heavy atom. The maximum atomic E-state index is 11.6. The van der Waals surface area contributed by atoms with E-state index in [9.17, 15) is 4.79 Å². The maximum Gasteiger partial charge on any atom is 0.354 e. The first kappa shape index (κ1) is 13.0. The molecule has 1 atom stereocenters. The number of esters is 1. The van der Waals surface area contributed by atoms with Gasteiger partial charge in [0.05, 0.1) is 32.4 Å². The van der Waals surface area contributed by atoms with E-state index < -0.39 is 0 Å². The van der Waals surface area contributed by atoms with Gasteiger partial charge in [-0.2, -0.15) is 0 Å². The number of H-pyrrole nitrogens is 1.